The van der Waals surface area contributed by atoms with Gasteiger partial charge in [-0.25, -0.2) is 0 Å². The van der Waals surface area contributed by atoms with Crippen LogP contribution in [0, 0.1) is 0 Å². The van der Waals surface area contributed by atoms with Crippen LogP contribution in [0.25, 0.3) is 0 Å². The highest BCUT2D eigenvalue weighted by Gasteiger charge is 2.27. The van der Waals surface area contributed by atoms with E-state index in [-0.39, 0.29) is 34.9 Å². The molecule has 1 unspecified atom stereocenters. The summed E-state index contributed by atoms with van der Waals surface area (Å²) in [5, 5.41) is 12.4. The van der Waals surface area contributed by atoms with Gasteiger partial charge in [-0.1, -0.05) is 35.3 Å². The summed E-state index contributed by atoms with van der Waals surface area (Å²) >= 11 is 12.2. The first-order valence-electron chi connectivity index (χ1n) is 9.01. The summed E-state index contributed by atoms with van der Waals surface area (Å²) in [5.74, 6) is -1.05. The van der Waals surface area contributed by atoms with Gasteiger partial charge in [0.05, 0.1) is 0 Å². The van der Waals surface area contributed by atoms with E-state index in [0.717, 1.165) is 17.5 Å². The predicted molar refractivity (Wildman–Crippen MR) is 107 cm³/mol. The number of aromatic nitrogens is 1. The van der Waals surface area contributed by atoms with Gasteiger partial charge in [-0.05, 0) is 48.6 Å². The van der Waals surface area contributed by atoms with Crippen molar-refractivity contribution in [1.29, 1.82) is 0 Å². The molecule has 1 saturated heterocycles. The monoisotopic (exact) mass is 422 g/mol. The molecule has 1 amide bonds. The number of aromatic amines is 1. The third-order valence-corrected chi connectivity index (χ3v) is 5.60. The molecule has 1 aromatic carbocycles. The van der Waals surface area contributed by atoms with Gasteiger partial charge in [0.25, 0.3) is 5.56 Å². The van der Waals surface area contributed by atoms with Crippen LogP contribution in [-0.4, -0.2) is 28.0 Å². The minimum atomic E-state index is -0.881. The fraction of sp³-hybridized carbons (Fsp3) is 0.350. The van der Waals surface area contributed by atoms with E-state index in [2.05, 4.69) is 10.3 Å². The number of aliphatic carboxylic acids is 1. The molecule has 1 aliphatic rings. The predicted octanol–water partition coefficient (Wildman–Crippen LogP) is 3.50. The number of carbonyl (C=O) groups excluding carboxylic acids is 1. The van der Waals surface area contributed by atoms with Crippen molar-refractivity contribution in [3.05, 3.63) is 67.6 Å². The summed E-state index contributed by atoms with van der Waals surface area (Å²) in [6.07, 6.45) is 2.17. The Labute approximate surface area is 171 Å². The van der Waals surface area contributed by atoms with Crippen molar-refractivity contribution >= 4 is 35.1 Å². The number of amides is 1. The molecule has 0 bridgehead atoms. The van der Waals surface area contributed by atoms with Crippen LogP contribution in [0.1, 0.15) is 48.4 Å². The van der Waals surface area contributed by atoms with E-state index in [4.69, 9.17) is 28.3 Å². The second-order valence-electron chi connectivity index (χ2n) is 6.93. The maximum absolute atomic E-state index is 12.0. The summed E-state index contributed by atoms with van der Waals surface area (Å²) in [5.41, 5.74) is 1.95. The van der Waals surface area contributed by atoms with Crippen LogP contribution in [0.5, 0.6) is 0 Å². The van der Waals surface area contributed by atoms with Gasteiger partial charge in [0.2, 0.25) is 5.91 Å². The Morgan fingerprint density at radius 1 is 1.18 bits per heavy atom. The number of H-pyrrole nitrogens is 1. The Bertz CT molecular complexity index is 957. The third-order valence-electron chi connectivity index (χ3n) is 4.95. The van der Waals surface area contributed by atoms with Crippen LogP contribution in [0.15, 0.2) is 35.1 Å². The number of carboxylic acids is 1. The lowest BCUT2D eigenvalue weighted by Crippen LogP contribution is -2.28. The summed E-state index contributed by atoms with van der Waals surface area (Å²) in [6.45, 7) is 0. The minimum absolute atomic E-state index is 0.00110. The van der Waals surface area contributed by atoms with E-state index in [1.165, 1.54) is 0 Å². The number of carbonyl (C=O) groups is 2. The van der Waals surface area contributed by atoms with Gasteiger partial charge in [0.15, 0.2) is 0 Å². The number of hydrogen-bond acceptors (Lipinski definition) is 3. The molecule has 3 N–H and O–H groups in total. The summed E-state index contributed by atoms with van der Waals surface area (Å²) in [7, 11) is 0. The molecule has 2 aromatic rings. The quantitative estimate of drug-likeness (QED) is 0.635. The second kappa shape index (κ2) is 8.80. The zero-order valence-corrected chi connectivity index (χ0v) is 16.5. The van der Waals surface area contributed by atoms with Crippen molar-refractivity contribution in [2.75, 3.05) is 0 Å². The maximum atomic E-state index is 12.0. The number of hydrogen-bond donors (Lipinski definition) is 3. The number of halogens is 2. The fourth-order valence-electron chi connectivity index (χ4n) is 3.48. The van der Waals surface area contributed by atoms with Crippen molar-refractivity contribution in [3.8, 4) is 0 Å². The lowest BCUT2D eigenvalue weighted by atomic mass is 9.87. The Balaban J connectivity index is 1.92. The van der Waals surface area contributed by atoms with Crippen LogP contribution in [0.4, 0.5) is 0 Å². The molecular formula is C20H20Cl2N2O4. The zero-order chi connectivity index (χ0) is 20.3. The van der Waals surface area contributed by atoms with Crippen molar-refractivity contribution < 1.29 is 14.7 Å². The Morgan fingerprint density at radius 3 is 2.57 bits per heavy atom. The molecule has 1 aliphatic heterocycles. The molecule has 6 nitrogen and oxygen atoms in total. The van der Waals surface area contributed by atoms with Gasteiger partial charge in [0, 0.05) is 35.5 Å². The minimum Gasteiger partial charge on any atom is -0.481 e. The maximum Gasteiger partial charge on any atom is 0.303 e. The second-order valence-corrected chi connectivity index (χ2v) is 7.74. The first kappa shape index (κ1) is 20.4. The number of nitrogens with one attached hydrogen (secondary N) is 2. The summed E-state index contributed by atoms with van der Waals surface area (Å²) in [4.78, 5) is 37.2. The Hall–Kier alpha value is -2.31. The van der Waals surface area contributed by atoms with E-state index in [0.29, 0.717) is 30.0 Å². The largest absolute Gasteiger partial charge is 0.481 e. The Morgan fingerprint density at radius 2 is 1.96 bits per heavy atom. The van der Waals surface area contributed by atoms with Crippen LogP contribution >= 0.6 is 23.2 Å². The van der Waals surface area contributed by atoms with Gasteiger partial charge in [-0.3, -0.25) is 14.4 Å². The van der Waals surface area contributed by atoms with E-state index >= 15 is 0 Å². The van der Waals surface area contributed by atoms with Crippen LogP contribution in [-0.2, 0) is 16.0 Å². The first-order chi connectivity index (χ1) is 13.3. The van der Waals surface area contributed by atoms with Crippen molar-refractivity contribution in [2.24, 2.45) is 0 Å². The fourth-order valence-corrected chi connectivity index (χ4v) is 3.87. The number of benzene rings is 1. The lowest BCUT2D eigenvalue weighted by Gasteiger charge is -2.22. The molecule has 1 fully saturated rings. The molecule has 1 aromatic heterocycles. The van der Waals surface area contributed by atoms with Crippen molar-refractivity contribution in [2.45, 2.75) is 44.1 Å². The number of rotatable bonds is 7. The average Bonchev–Trinajstić information content (AvgIpc) is 3.06. The van der Waals surface area contributed by atoms with E-state index < -0.39 is 5.97 Å². The number of aryl methyl sites for hydroxylation is 1. The van der Waals surface area contributed by atoms with Gasteiger partial charge in [0.1, 0.15) is 5.02 Å². The summed E-state index contributed by atoms with van der Waals surface area (Å²) in [6, 6.07) is 8.82. The van der Waals surface area contributed by atoms with Gasteiger partial charge < -0.3 is 15.4 Å². The van der Waals surface area contributed by atoms with Crippen molar-refractivity contribution in [3.63, 3.8) is 0 Å². The molecule has 0 saturated carbocycles. The van der Waals surface area contributed by atoms with E-state index in [9.17, 15) is 14.4 Å². The van der Waals surface area contributed by atoms with E-state index in [1.54, 1.807) is 18.2 Å². The van der Waals surface area contributed by atoms with Crippen LogP contribution < -0.4 is 10.9 Å². The SMILES string of the molecule is O=C(O)CCc1ccc(C(C[C@H]2CCC(=O)N2)c2ccc(Cl)c(=O)[nH]2)cc1Cl. The highest BCUT2D eigenvalue weighted by atomic mass is 35.5. The van der Waals surface area contributed by atoms with Crippen LogP contribution in [0.2, 0.25) is 10.0 Å². The van der Waals surface area contributed by atoms with Gasteiger partial charge >= 0.3 is 5.97 Å². The standard InChI is InChI=1S/C20H20Cl2N2O4/c21-15-5-6-17(24-20(15)28)14(10-13-4-7-18(25)23-13)12-2-1-11(16(22)9-12)3-8-19(26)27/h1-2,5-6,9,13-14H,3-4,7-8,10H2,(H,23,25)(H,24,28)(H,26,27)/t13-,14?/m1/s1. The molecule has 28 heavy (non-hydrogen) atoms. The average molecular weight is 423 g/mol. The van der Waals surface area contributed by atoms with Crippen LogP contribution in [0.3, 0.4) is 0 Å². The molecule has 148 valence electrons. The molecule has 0 aliphatic carbocycles. The van der Waals surface area contributed by atoms with E-state index in [1.807, 2.05) is 12.1 Å². The molecular weight excluding hydrogens is 403 g/mol. The molecule has 2 atom stereocenters. The number of carboxylic acid groups (broad SMARTS) is 1. The first-order valence-corrected chi connectivity index (χ1v) is 9.77. The highest BCUT2D eigenvalue weighted by molar-refractivity contribution is 6.31. The molecule has 3 rings (SSSR count). The smallest absolute Gasteiger partial charge is 0.303 e. The third kappa shape index (κ3) is 4.94. The molecule has 8 heteroatoms. The Kier molecular flexibility index (Phi) is 6.42. The zero-order valence-electron chi connectivity index (χ0n) is 15.0. The van der Waals surface area contributed by atoms with Gasteiger partial charge in [-0.15, -0.1) is 0 Å². The topological polar surface area (TPSA) is 99.3 Å². The normalized spacial score (nSPS) is 17.4. The van der Waals surface area contributed by atoms with Gasteiger partial charge in [-0.2, -0.15) is 0 Å². The van der Waals surface area contributed by atoms with Crippen molar-refractivity contribution in [1.82, 2.24) is 10.3 Å². The molecule has 2 heterocycles. The number of pyridine rings is 1. The summed E-state index contributed by atoms with van der Waals surface area (Å²) < 4.78 is 0. The molecule has 0 radical (unpaired) electrons. The lowest BCUT2D eigenvalue weighted by molar-refractivity contribution is -0.137. The highest BCUT2D eigenvalue weighted by Crippen LogP contribution is 2.33. The molecule has 0 spiro atoms.